The minimum absolute atomic E-state index is 0.374. The third kappa shape index (κ3) is 1.87. The second kappa shape index (κ2) is 4.48. The van der Waals surface area contributed by atoms with Crippen LogP contribution >= 0.6 is 0 Å². The molecule has 0 amide bonds. The summed E-state index contributed by atoms with van der Waals surface area (Å²) in [6, 6.07) is 0.374. The minimum Gasteiger partial charge on any atom is -0.373 e. The van der Waals surface area contributed by atoms with Crippen molar-refractivity contribution in [1.29, 1.82) is 0 Å². The van der Waals surface area contributed by atoms with Crippen molar-refractivity contribution >= 4 is 5.82 Å². The van der Waals surface area contributed by atoms with E-state index in [2.05, 4.69) is 29.0 Å². The first-order valence-electron chi connectivity index (χ1n) is 6.68. The first-order chi connectivity index (χ1) is 8.69. The van der Waals surface area contributed by atoms with Crippen LogP contribution in [0, 0.1) is 13.8 Å². The van der Waals surface area contributed by atoms with E-state index in [4.69, 9.17) is 9.97 Å². The maximum atomic E-state index is 4.70. The highest BCUT2D eigenvalue weighted by Gasteiger charge is 2.34. The molecule has 3 aliphatic heterocycles. The Kier molecular flexibility index (Phi) is 2.95. The van der Waals surface area contributed by atoms with Crippen LogP contribution in [0.3, 0.4) is 0 Å². The molecule has 0 spiro atoms. The second-order valence-electron chi connectivity index (χ2n) is 5.24. The molecule has 3 fully saturated rings. The van der Waals surface area contributed by atoms with E-state index in [0.717, 1.165) is 42.5 Å². The summed E-state index contributed by atoms with van der Waals surface area (Å²) in [5.41, 5.74) is 2.24. The van der Waals surface area contributed by atoms with E-state index in [0.29, 0.717) is 6.04 Å². The van der Waals surface area contributed by atoms with Crippen LogP contribution < -0.4 is 5.32 Å². The monoisotopic (exact) mass is 247 g/mol. The van der Waals surface area contributed by atoms with Crippen molar-refractivity contribution in [3.63, 3.8) is 0 Å². The lowest BCUT2D eigenvalue weighted by molar-refractivity contribution is 0.00863. The Bertz CT molecular complexity index is 451. The summed E-state index contributed by atoms with van der Waals surface area (Å²) in [6.45, 7) is 9.90. The average Bonchev–Trinajstić information content (AvgIpc) is 2.43. The predicted molar refractivity (Wildman–Crippen MR) is 71.8 cm³/mol. The van der Waals surface area contributed by atoms with Crippen LogP contribution in [0.25, 0.3) is 0 Å². The lowest BCUT2D eigenvalue weighted by Crippen LogP contribution is -2.57. The lowest BCUT2D eigenvalue weighted by atomic mass is 10.1. The Morgan fingerprint density at radius 2 is 1.83 bits per heavy atom. The second-order valence-corrected chi connectivity index (χ2v) is 5.24. The predicted octanol–water partition coefficient (Wildman–Crippen LogP) is 0.807. The van der Waals surface area contributed by atoms with Crippen molar-refractivity contribution in [2.45, 2.75) is 19.9 Å². The number of hydrogen-bond donors (Lipinski definition) is 1. The Morgan fingerprint density at radius 1 is 1.11 bits per heavy atom. The van der Waals surface area contributed by atoms with Gasteiger partial charge in [-0.25, -0.2) is 9.97 Å². The maximum absolute atomic E-state index is 4.70. The van der Waals surface area contributed by atoms with Crippen LogP contribution in [0.4, 0.5) is 5.82 Å². The molecule has 18 heavy (non-hydrogen) atoms. The van der Waals surface area contributed by atoms with Crippen molar-refractivity contribution in [2.24, 2.45) is 0 Å². The molecule has 1 unspecified atom stereocenters. The zero-order valence-corrected chi connectivity index (χ0v) is 11.4. The molecule has 0 aromatic carbocycles. The van der Waals surface area contributed by atoms with Gasteiger partial charge in [0, 0.05) is 51.0 Å². The summed E-state index contributed by atoms with van der Waals surface area (Å²) in [7, 11) is 1.93. The Balaban J connectivity index is 1.94. The van der Waals surface area contributed by atoms with E-state index in [9.17, 15) is 0 Å². The number of rotatable bonds is 2. The highest BCUT2D eigenvalue weighted by atomic mass is 15.4. The van der Waals surface area contributed by atoms with Crippen molar-refractivity contribution < 1.29 is 0 Å². The zero-order chi connectivity index (χ0) is 12.7. The Labute approximate surface area is 108 Å². The average molecular weight is 247 g/mol. The highest BCUT2D eigenvalue weighted by molar-refractivity contribution is 5.45. The topological polar surface area (TPSA) is 44.3 Å². The number of piperazine rings is 3. The van der Waals surface area contributed by atoms with Gasteiger partial charge in [0.15, 0.2) is 0 Å². The molecule has 1 aromatic rings. The molecule has 2 bridgehead atoms. The molecule has 3 aliphatic rings. The normalized spacial score (nSPS) is 30.5. The number of hydrogen-bond acceptors (Lipinski definition) is 5. The number of nitrogens with one attached hydrogen (secondary N) is 1. The molecule has 4 heterocycles. The summed E-state index contributed by atoms with van der Waals surface area (Å²) in [5.74, 6) is 1.95. The number of aromatic nitrogens is 2. The van der Waals surface area contributed by atoms with Crippen LogP contribution in [-0.4, -0.2) is 59.5 Å². The van der Waals surface area contributed by atoms with Crippen LogP contribution in [0.5, 0.6) is 0 Å². The van der Waals surface area contributed by atoms with Crippen LogP contribution in [0.2, 0.25) is 0 Å². The third-order valence-electron chi connectivity index (χ3n) is 4.22. The third-order valence-corrected chi connectivity index (χ3v) is 4.22. The SMILES string of the molecule is CNc1nc(C2CN3CCN2CC3)nc(C)c1C. The largest absolute Gasteiger partial charge is 0.373 e. The fourth-order valence-corrected chi connectivity index (χ4v) is 2.91. The van der Waals surface area contributed by atoms with Crippen molar-refractivity contribution in [2.75, 3.05) is 45.1 Å². The molecule has 0 aliphatic carbocycles. The Morgan fingerprint density at radius 3 is 2.39 bits per heavy atom. The molecule has 3 saturated heterocycles. The molecule has 1 atom stereocenters. The summed E-state index contributed by atoms with van der Waals surface area (Å²) in [6.07, 6.45) is 0. The fourth-order valence-electron chi connectivity index (χ4n) is 2.91. The van der Waals surface area contributed by atoms with E-state index in [1.807, 2.05) is 7.05 Å². The van der Waals surface area contributed by atoms with Crippen molar-refractivity contribution in [1.82, 2.24) is 19.8 Å². The van der Waals surface area contributed by atoms with Crippen LogP contribution in [0.1, 0.15) is 23.1 Å². The fraction of sp³-hybridized carbons (Fsp3) is 0.692. The number of anilines is 1. The number of aryl methyl sites for hydroxylation is 1. The molecule has 0 radical (unpaired) electrons. The van der Waals surface area contributed by atoms with Crippen molar-refractivity contribution in [3.05, 3.63) is 17.1 Å². The van der Waals surface area contributed by atoms with Gasteiger partial charge in [-0.1, -0.05) is 0 Å². The van der Waals surface area contributed by atoms with E-state index in [1.54, 1.807) is 0 Å². The summed E-state index contributed by atoms with van der Waals surface area (Å²) >= 11 is 0. The summed E-state index contributed by atoms with van der Waals surface area (Å²) in [5, 5.41) is 3.18. The summed E-state index contributed by atoms with van der Waals surface area (Å²) < 4.78 is 0. The molecular weight excluding hydrogens is 226 g/mol. The molecule has 1 N–H and O–H groups in total. The van der Waals surface area contributed by atoms with Crippen LogP contribution in [0.15, 0.2) is 0 Å². The molecule has 98 valence electrons. The first-order valence-corrected chi connectivity index (χ1v) is 6.68. The molecule has 0 saturated carbocycles. The van der Waals surface area contributed by atoms with Gasteiger partial charge in [0.2, 0.25) is 0 Å². The van der Waals surface area contributed by atoms with E-state index >= 15 is 0 Å². The molecule has 1 aromatic heterocycles. The quantitative estimate of drug-likeness (QED) is 0.838. The zero-order valence-electron chi connectivity index (χ0n) is 11.4. The van der Waals surface area contributed by atoms with E-state index in [-0.39, 0.29) is 0 Å². The van der Waals surface area contributed by atoms with E-state index < -0.39 is 0 Å². The van der Waals surface area contributed by atoms with Gasteiger partial charge in [0.1, 0.15) is 11.6 Å². The van der Waals surface area contributed by atoms with Gasteiger partial charge in [-0.2, -0.15) is 0 Å². The lowest BCUT2D eigenvalue weighted by Gasteiger charge is -2.46. The van der Waals surface area contributed by atoms with Gasteiger partial charge < -0.3 is 5.32 Å². The van der Waals surface area contributed by atoms with Gasteiger partial charge in [-0.3, -0.25) is 9.80 Å². The van der Waals surface area contributed by atoms with E-state index in [1.165, 1.54) is 13.1 Å². The number of fused-ring (bicyclic) bond motifs is 3. The Hall–Kier alpha value is -1.20. The smallest absolute Gasteiger partial charge is 0.149 e. The highest BCUT2D eigenvalue weighted by Crippen LogP contribution is 2.28. The van der Waals surface area contributed by atoms with Gasteiger partial charge in [-0.05, 0) is 13.8 Å². The van der Waals surface area contributed by atoms with Crippen LogP contribution in [-0.2, 0) is 0 Å². The molecular formula is C13H21N5. The van der Waals surface area contributed by atoms with Gasteiger partial charge in [-0.15, -0.1) is 0 Å². The molecule has 5 nitrogen and oxygen atoms in total. The maximum Gasteiger partial charge on any atom is 0.149 e. The van der Waals surface area contributed by atoms with Gasteiger partial charge >= 0.3 is 0 Å². The van der Waals surface area contributed by atoms with Crippen molar-refractivity contribution in [3.8, 4) is 0 Å². The van der Waals surface area contributed by atoms with Gasteiger partial charge in [0.05, 0.1) is 6.04 Å². The standard InChI is InChI=1S/C13H21N5/c1-9-10(2)15-13(16-12(9)14-3)11-8-17-4-6-18(11)7-5-17/h11H,4-8H2,1-3H3,(H,14,15,16). The first kappa shape index (κ1) is 11.9. The summed E-state index contributed by atoms with van der Waals surface area (Å²) in [4.78, 5) is 14.4. The molecule has 4 rings (SSSR count). The minimum atomic E-state index is 0.374. The number of nitrogens with zero attached hydrogens (tertiary/aromatic N) is 4. The molecule has 5 heteroatoms. The van der Waals surface area contributed by atoms with Gasteiger partial charge in [0.25, 0.3) is 0 Å².